The van der Waals surface area contributed by atoms with E-state index >= 15 is 0 Å². The zero-order chi connectivity index (χ0) is 21.4. The maximum Gasteiger partial charge on any atom is 0.148 e. The molecule has 3 aromatic heterocycles. The van der Waals surface area contributed by atoms with E-state index in [1.54, 1.807) is 28.2 Å². The van der Waals surface area contributed by atoms with Crippen LogP contribution in [0.2, 0.25) is 0 Å². The van der Waals surface area contributed by atoms with Crippen molar-refractivity contribution in [1.82, 2.24) is 24.5 Å². The van der Waals surface area contributed by atoms with Gasteiger partial charge >= 0.3 is 0 Å². The minimum atomic E-state index is -0.282. The van der Waals surface area contributed by atoms with E-state index in [4.69, 9.17) is 5.10 Å². The molecule has 0 amide bonds. The van der Waals surface area contributed by atoms with Gasteiger partial charge in [-0.15, -0.1) is 11.3 Å². The van der Waals surface area contributed by atoms with Gasteiger partial charge in [0.2, 0.25) is 0 Å². The topological polar surface area (TPSA) is 38.9 Å². The molecule has 4 rings (SSSR count). The lowest BCUT2D eigenvalue weighted by molar-refractivity contribution is 0.318. The molecule has 0 saturated heterocycles. The van der Waals surface area contributed by atoms with Gasteiger partial charge in [-0.25, -0.2) is 9.07 Å². The molecule has 0 N–H and O–H groups in total. The summed E-state index contributed by atoms with van der Waals surface area (Å²) in [6.07, 6.45) is 4.01. The molecule has 0 aliphatic carbocycles. The summed E-state index contributed by atoms with van der Waals surface area (Å²) in [4.78, 5) is 4.71. The Hall–Kier alpha value is -2.77. The highest BCUT2D eigenvalue weighted by Crippen LogP contribution is 2.33. The Labute approximate surface area is 180 Å². The van der Waals surface area contributed by atoms with Crippen LogP contribution in [0.3, 0.4) is 0 Å². The van der Waals surface area contributed by atoms with E-state index in [-0.39, 0.29) is 5.82 Å². The average molecular weight is 424 g/mol. The fraction of sp³-hybridized carbons (Fsp3) is 0.304. The molecular formula is C23H26FN5S. The third-order valence-corrected chi connectivity index (χ3v) is 6.15. The summed E-state index contributed by atoms with van der Waals surface area (Å²) >= 11 is 1.76. The minimum Gasteiger partial charge on any atom is -0.298 e. The van der Waals surface area contributed by atoms with Crippen LogP contribution in [0.5, 0.6) is 0 Å². The van der Waals surface area contributed by atoms with E-state index in [1.165, 1.54) is 21.4 Å². The Bertz CT molecular complexity index is 1190. The summed E-state index contributed by atoms with van der Waals surface area (Å²) < 4.78 is 17.9. The third-order valence-electron chi connectivity index (χ3n) is 5.18. The number of thiophene rings is 1. The van der Waals surface area contributed by atoms with E-state index in [0.717, 1.165) is 29.1 Å². The number of benzene rings is 1. The van der Waals surface area contributed by atoms with Gasteiger partial charge in [0.05, 0.1) is 11.4 Å². The van der Waals surface area contributed by atoms with Gasteiger partial charge in [0.1, 0.15) is 11.5 Å². The van der Waals surface area contributed by atoms with Crippen molar-refractivity contribution in [2.45, 2.75) is 33.9 Å². The monoisotopic (exact) mass is 423 g/mol. The molecule has 0 bridgehead atoms. The maximum absolute atomic E-state index is 14.4. The summed E-state index contributed by atoms with van der Waals surface area (Å²) in [5, 5.41) is 9.25. The molecule has 0 atom stereocenters. The van der Waals surface area contributed by atoms with Crippen LogP contribution in [0, 0.1) is 26.6 Å². The first kappa shape index (κ1) is 20.5. The van der Waals surface area contributed by atoms with Crippen molar-refractivity contribution in [1.29, 1.82) is 0 Å². The van der Waals surface area contributed by atoms with Gasteiger partial charge < -0.3 is 0 Å². The summed E-state index contributed by atoms with van der Waals surface area (Å²) in [7, 11) is 4.02. The average Bonchev–Trinajstić information content (AvgIpc) is 3.32. The molecule has 4 aromatic rings. The molecule has 5 nitrogen and oxygen atoms in total. The van der Waals surface area contributed by atoms with E-state index in [9.17, 15) is 4.39 Å². The van der Waals surface area contributed by atoms with Crippen molar-refractivity contribution in [3.8, 4) is 16.9 Å². The summed E-state index contributed by atoms with van der Waals surface area (Å²) in [5.74, 6) is -0.282. The summed E-state index contributed by atoms with van der Waals surface area (Å²) in [5.41, 5.74) is 5.80. The number of hydrogen-bond acceptors (Lipinski definition) is 4. The number of hydrogen-bond donors (Lipinski definition) is 0. The number of rotatable bonds is 6. The molecule has 0 radical (unpaired) electrons. The minimum absolute atomic E-state index is 0.282. The van der Waals surface area contributed by atoms with E-state index in [0.29, 0.717) is 12.2 Å². The molecular weight excluding hydrogens is 397 g/mol. The highest BCUT2D eigenvalue weighted by molar-refractivity contribution is 7.12. The molecule has 0 spiro atoms. The number of aryl methyl sites for hydroxylation is 4. The van der Waals surface area contributed by atoms with Gasteiger partial charge in [0.15, 0.2) is 0 Å². The van der Waals surface area contributed by atoms with E-state index in [2.05, 4.69) is 43.2 Å². The van der Waals surface area contributed by atoms with Gasteiger partial charge in [-0.05, 0) is 46.0 Å². The van der Waals surface area contributed by atoms with Crippen molar-refractivity contribution in [2.75, 3.05) is 7.05 Å². The Balaban J connectivity index is 1.71. The van der Waals surface area contributed by atoms with Crippen LogP contribution >= 0.6 is 11.3 Å². The molecule has 30 heavy (non-hydrogen) atoms. The molecule has 0 aliphatic rings. The van der Waals surface area contributed by atoms with Crippen molar-refractivity contribution in [3.05, 3.63) is 75.1 Å². The number of halogens is 1. The van der Waals surface area contributed by atoms with Gasteiger partial charge in [-0.3, -0.25) is 9.58 Å². The molecule has 3 heterocycles. The second-order valence-electron chi connectivity index (χ2n) is 7.81. The van der Waals surface area contributed by atoms with Crippen LogP contribution in [-0.2, 0) is 20.1 Å². The Morgan fingerprint density at radius 3 is 2.40 bits per heavy atom. The van der Waals surface area contributed by atoms with Gasteiger partial charge in [0.25, 0.3) is 0 Å². The van der Waals surface area contributed by atoms with Crippen molar-refractivity contribution in [3.63, 3.8) is 0 Å². The molecule has 0 aliphatic heterocycles. The normalized spacial score (nSPS) is 11.6. The van der Waals surface area contributed by atoms with Gasteiger partial charge in [0, 0.05) is 59.0 Å². The molecule has 0 saturated carbocycles. The first-order valence-electron chi connectivity index (χ1n) is 9.90. The highest BCUT2D eigenvalue weighted by atomic mass is 32.1. The largest absolute Gasteiger partial charge is 0.298 e. The quantitative estimate of drug-likeness (QED) is 0.437. The lowest BCUT2D eigenvalue weighted by atomic mass is 10.1. The van der Waals surface area contributed by atoms with Crippen molar-refractivity contribution >= 4 is 11.3 Å². The summed E-state index contributed by atoms with van der Waals surface area (Å²) in [6, 6.07) is 8.91. The van der Waals surface area contributed by atoms with E-state index in [1.807, 2.05) is 30.9 Å². The molecule has 1 aromatic carbocycles. The van der Waals surface area contributed by atoms with Crippen LogP contribution < -0.4 is 0 Å². The molecule has 0 fully saturated rings. The smallest absolute Gasteiger partial charge is 0.148 e. The number of para-hydroxylation sites is 1. The van der Waals surface area contributed by atoms with Gasteiger partial charge in [-0.2, -0.15) is 10.2 Å². The first-order chi connectivity index (χ1) is 14.3. The zero-order valence-electron chi connectivity index (χ0n) is 18.0. The Kier molecular flexibility index (Phi) is 5.58. The number of aromatic nitrogens is 4. The fourth-order valence-corrected chi connectivity index (χ4v) is 4.75. The van der Waals surface area contributed by atoms with Crippen LogP contribution in [-0.4, -0.2) is 31.5 Å². The maximum atomic E-state index is 14.4. The van der Waals surface area contributed by atoms with Crippen LogP contribution in [0.15, 0.2) is 42.7 Å². The predicted molar refractivity (Wildman–Crippen MR) is 119 cm³/mol. The first-order valence-corrected chi connectivity index (χ1v) is 10.7. The Morgan fingerprint density at radius 2 is 1.77 bits per heavy atom. The highest BCUT2D eigenvalue weighted by Gasteiger charge is 2.19. The third kappa shape index (κ3) is 4.08. The van der Waals surface area contributed by atoms with Crippen LogP contribution in [0.25, 0.3) is 16.9 Å². The van der Waals surface area contributed by atoms with Crippen LogP contribution in [0.1, 0.15) is 26.6 Å². The Morgan fingerprint density at radius 1 is 1.03 bits per heavy atom. The molecule has 156 valence electrons. The summed E-state index contributed by atoms with van der Waals surface area (Å²) in [6.45, 7) is 7.73. The zero-order valence-corrected chi connectivity index (χ0v) is 18.8. The fourth-order valence-electron chi connectivity index (χ4n) is 3.82. The number of nitrogens with zero attached hydrogens (tertiary/aromatic N) is 5. The van der Waals surface area contributed by atoms with Crippen molar-refractivity contribution in [2.24, 2.45) is 7.05 Å². The second-order valence-corrected chi connectivity index (χ2v) is 9.27. The lowest BCUT2D eigenvalue weighted by Gasteiger charge is -2.16. The van der Waals surface area contributed by atoms with Crippen molar-refractivity contribution < 1.29 is 4.39 Å². The van der Waals surface area contributed by atoms with Gasteiger partial charge in [-0.1, -0.05) is 12.1 Å². The van der Waals surface area contributed by atoms with Crippen LogP contribution in [0.4, 0.5) is 4.39 Å². The molecule has 0 unspecified atom stereocenters. The predicted octanol–water partition coefficient (Wildman–Crippen LogP) is 5.03. The second kappa shape index (κ2) is 8.16. The van der Waals surface area contributed by atoms with E-state index < -0.39 is 0 Å². The molecule has 7 heteroatoms. The SMILES string of the molecule is Cc1cc(-c2nn(-c3ccccc3F)cc2CN(C)Cc2cn(C)nc2C)c(C)s1. The standard InChI is InChI=1S/C23H26FN5S/c1-15-10-20(17(3)30-15)23-19(12-27(4)11-18-13-28(5)25-16(18)2)14-29(26-23)22-9-7-6-8-21(22)24/h6-10,13-14H,11-12H2,1-5H3. The lowest BCUT2D eigenvalue weighted by Crippen LogP contribution is -2.17.